The van der Waals surface area contributed by atoms with E-state index in [1.54, 1.807) is 0 Å². The smallest absolute Gasteiger partial charge is 0.350 e. The predicted octanol–water partition coefficient (Wildman–Crippen LogP) is 1.26. The molecule has 0 spiro atoms. The number of Topliss-reactive ketones (excluding diaryl/α,β-unsaturated/α-hetero) is 1. The number of benzene rings is 1. The highest BCUT2D eigenvalue weighted by Gasteiger charge is 2.33. The van der Waals surface area contributed by atoms with E-state index in [1.165, 1.54) is 45.2 Å². The predicted molar refractivity (Wildman–Crippen MR) is 107 cm³/mol. The summed E-state index contributed by atoms with van der Waals surface area (Å²) in [5.74, 6) is -2.22. The molecule has 30 heavy (non-hydrogen) atoms. The van der Waals surface area contributed by atoms with Gasteiger partial charge < -0.3 is 15.2 Å². The van der Waals surface area contributed by atoms with Gasteiger partial charge in [-0.05, 0) is 44.5 Å². The zero-order valence-corrected chi connectivity index (χ0v) is 17.2. The Morgan fingerprint density at radius 3 is 2.33 bits per heavy atom. The van der Waals surface area contributed by atoms with Crippen molar-refractivity contribution in [1.82, 2.24) is 9.13 Å². The second-order valence-corrected chi connectivity index (χ2v) is 7.12. The maximum Gasteiger partial charge on any atom is 0.350 e. The minimum absolute atomic E-state index is 0.220. The Bertz CT molecular complexity index is 1070. The Morgan fingerprint density at radius 2 is 1.77 bits per heavy atom. The lowest BCUT2D eigenvalue weighted by molar-refractivity contribution is -0.158. The number of esters is 1. The molecular formula is C20H24FN3O6. The lowest BCUT2D eigenvalue weighted by Gasteiger charge is -2.24. The van der Waals surface area contributed by atoms with Crippen molar-refractivity contribution in [3.05, 3.63) is 56.5 Å². The summed E-state index contributed by atoms with van der Waals surface area (Å²) in [5, 5.41) is 0. The highest BCUT2D eigenvalue weighted by Crippen LogP contribution is 2.20. The van der Waals surface area contributed by atoms with Crippen molar-refractivity contribution in [2.24, 2.45) is 7.05 Å². The van der Waals surface area contributed by atoms with E-state index in [4.69, 9.17) is 15.2 Å². The minimum atomic E-state index is -1.49. The van der Waals surface area contributed by atoms with Crippen LogP contribution in [0.15, 0.2) is 33.9 Å². The monoisotopic (exact) mass is 421 g/mol. The third-order valence-electron chi connectivity index (χ3n) is 4.32. The number of nitrogens with two attached hydrogens (primary N) is 1. The Balaban J connectivity index is 2.18. The van der Waals surface area contributed by atoms with Crippen LogP contribution in [0.4, 0.5) is 10.2 Å². The number of anilines is 1. The van der Waals surface area contributed by atoms with Crippen molar-refractivity contribution in [2.75, 3.05) is 12.3 Å². The van der Waals surface area contributed by atoms with Gasteiger partial charge in [-0.3, -0.25) is 18.7 Å². The van der Waals surface area contributed by atoms with Crippen LogP contribution in [0.2, 0.25) is 0 Å². The highest BCUT2D eigenvalue weighted by atomic mass is 19.1. The van der Waals surface area contributed by atoms with Gasteiger partial charge in [0, 0.05) is 13.6 Å². The Kier molecular flexibility index (Phi) is 6.81. The molecule has 0 radical (unpaired) electrons. The number of ether oxygens (including phenoxy) is 2. The summed E-state index contributed by atoms with van der Waals surface area (Å²) in [4.78, 5) is 49.5. The average Bonchev–Trinajstić information content (AvgIpc) is 2.69. The molecule has 1 aromatic carbocycles. The van der Waals surface area contributed by atoms with Crippen LogP contribution in [0, 0.1) is 5.82 Å². The van der Waals surface area contributed by atoms with E-state index in [0.717, 1.165) is 9.13 Å². The van der Waals surface area contributed by atoms with Gasteiger partial charge in [0.2, 0.25) is 5.78 Å². The third-order valence-corrected chi connectivity index (χ3v) is 4.32. The van der Waals surface area contributed by atoms with E-state index < -0.39 is 46.6 Å². The van der Waals surface area contributed by atoms with E-state index in [9.17, 15) is 23.6 Å². The highest BCUT2D eigenvalue weighted by molar-refractivity contribution is 6.01. The van der Waals surface area contributed by atoms with Crippen molar-refractivity contribution in [1.29, 1.82) is 0 Å². The molecule has 0 fully saturated rings. The molecule has 0 saturated heterocycles. The lowest BCUT2D eigenvalue weighted by atomic mass is 10.1. The zero-order chi connectivity index (χ0) is 22.6. The maximum atomic E-state index is 13.0. The van der Waals surface area contributed by atoms with Crippen LogP contribution in [0.5, 0.6) is 5.75 Å². The topological polar surface area (TPSA) is 123 Å². The average molecular weight is 421 g/mol. The fraction of sp³-hybridized carbons (Fsp3) is 0.400. The molecule has 10 heteroatoms. The first-order valence-corrected chi connectivity index (χ1v) is 9.24. The van der Waals surface area contributed by atoms with Gasteiger partial charge >= 0.3 is 11.7 Å². The number of aromatic nitrogens is 2. The molecule has 0 saturated carbocycles. The summed E-state index contributed by atoms with van der Waals surface area (Å²) >= 11 is 0. The molecule has 0 atom stereocenters. The number of ketones is 1. The molecule has 9 nitrogen and oxygen atoms in total. The molecule has 0 unspecified atom stereocenters. The van der Waals surface area contributed by atoms with E-state index in [-0.39, 0.29) is 18.1 Å². The largest absolute Gasteiger partial charge is 0.476 e. The zero-order valence-electron chi connectivity index (χ0n) is 17.2. The molecule has 1 aromatic heterocycles. The van der Waals surface area contributed by atoms with Gasteiger partial charge in [-0.25, -0.2) is 14.0 Å². The molecule has 1 heterocycles. The fourth-order valence-electron chi connectivity index (χ4n) is 2.70. The molecule has 0 amide bonds. The summed E-state index contributed by atoms with van der Waals surface area (Å²) in [5.41, 5.74) is 2.46. The minimum Gasteiger partial charge on any atom is -0.476 e. The molecule has 2 aromatic rings. The summed E-state index contributed by atoms with van der Waals surface area (Å²) in [6, 6.07) is 5.03. The molecule has 2 N–H and O–H groups in total. The molecule has 0 aliphatic rings. The normalized spacial score (nSPS) is 11.2. The lowest BCUT2D eigenvalue weighted by Crippen LogP contribution is -2.44. The van der Waals surface area contributed by atoms with Crippen molar-refractivity contribution < 1.29 is 23.5 Å². The summed E-state index contributed by atoms with van der Waals surface area (Å²) in [7, 11) is 1.23. The molecular weight excluding hydrogens is 397 g/mol. The summed E-state index contributed by atoms with van der Waals surface area (Å²) in [6.45, 7) is 4.09. The third kappa shape index (κ3) is 4.76. The van der Waals surface area contributed by atoms with Gasteiger partial charge in [0.05, 0.1) is 0 Å². The van der Waals surface area contributed by atoms with Crippen LogP contribution in [-0.4, -0.2) is 33.1 Å². The number of nitrogen functional groups attached to an aromatic ring is 1. The second-order valence-electron chi connectivity index (χ2n) is 7.12. The fourth-order valence-corrected chi connectivity index (χ4v) is 2.70. The second kappa shape index (κ2) is 8.93. The van der Waals surface area contributed by atoms with E-state index in [2.05, 4.69) is 0 Å². The number of hydrogen-bond donors (Lipinski definition) is 1. The van der Waals surface area contributed by atoms with Crippen LogP contribution in [-0.2, 0) is 23.1 Å². The molecule has 2 rings (SSSR count). The summed E-state index contributed by atoms with van der Waals surface area (Å²) in [6.07, 6.45) is 0.555. The number of carbonyl (C=O) groups excluding carboxylic acids is 2. The van der Waals surface area contributed by atoms with E-state index in [1.807, 2.05) is 6.92 Å². The maximum absolute atomic E-state index is 13.0. The molecule has 0 aliphatic heterocycles. The van der Waals surface area contributed by atoms with Gasteiger partial charge in [0.1, 0.15) is 22.9 Å². The SMILES string of the molecule is CCCn1c(N)c(C(=O)COC(=O)C(C)(C)Oc2ccc(F)cc2)c(=O)n(C)c1=O. The number of hydrogen-bond acceptors (Lipinski definition) is 7. The van der Waals surface area contributed by atoms with Gasteiger partial charge in [0.15, 0.2) is 12.2 Å². The van der Waals surface area contributed by atoms with Crippen LogP contribution < -0.4 is 21.7 Å². The van der Waals surface area contributed by atoms with Gasteiger partial charge in [-0.2, -0.15) is 0 Å². The summed E-state index contributed by atoms with van der Waals surface area (Å²) < 4.78 is 25.4. The Hall–Kier alpha value is -3.43. The van der Waals surface area contributed by atoms with Crippen molar-refractivity contribution in [2.45, 2.75) is 39.3 Å². The number of halogens is 1. The van der Waals surface area contributed by atoms with Crippen molar-refractivity contribution in [3.63, 3.8) is 0 Å². The van der Waals surface area contributed by atoms with Crippen LogP contribution in [0.25, 0.3) is 0 Å². The quantitative estimate of drug-likeness (QED) is 0.503. The standard InChI is InChI=1S/C20H24FN3O6/c1-5-10-24-16(22)15(17(26)23(4)19(24)28)14(25)11-29-18(27)20(2,3)30-13-8-6-12(21)7-9-13/h6-9H,5,10-11,22H2,1-4H3. The number of nitrogens with zero attached hydrogens (tertiary/aromatic N) is 2. The molecule has 0 aliphatic carbocycles. The Morgan fingerprint density at radius 1 is 1.17 bits per heavy atom. The van der Waals surface area contributed by atoms with Crippen molar-refractivity contribution >= 4 is 17.6 Å². The van der Waals surface area contributed by atoms with Crippen LogP contribution >= 0.6 is 0 Å². The van der Waals surface area contributed by atoms with Gasteiger partial charge in [-0.1, -0.05) is 6.92 Å². The number of rotatable bonds is 8. The first-order chi connectivity index (χ1) is 14.0. The van der Waals surface area contributed by atoms with Gasteiger partial charge in [-0.15, -0.1) is 0 Å². The first kappa shape index (κ1) is 22.9. The molecule has 162 valence electrons. The van der Waals surface area contributed by atoms with E-state index in [0.29, 0.717) is 6.42 Å². The first-order valence-electron chi connectivity index (χ1n) is 9.24. The van der Waals surface area contributed by atoms with Crippen LogP contribution in [0.3, 0.4) is 0 Å². The van der Waals surface area contributed by atoms with Gasteiger partial charge in [0.25, 0.3) is 5.56 Å². The number of carbonyl (C=O) groups is 2. The van der Waals surface area contributed by atoms with Crippen molar-refractivity contribution in [3.8, 4) is 5.75 Å². The van der Waals surface area contributed by atoms with Crippen LogP contribution in [0.1, 0.15) is 37.6 Å². The van der Waals surface area contributed by atoms with E-state index >= 15 is 0 Å². The molecule has 0 bridgehead atoms. The Labute approximate surface area is 171 Å².